The maximum atomic E-state index is 5.90. The van der Waals surface area contributed by atoms with Crippen molar-refractivity contribution in [2.24, 2.45) is 0 Å². The predicted molar refractivity (Wildman–Crippen MR) is 254 cm³/mol. The predicted octanol–water partition coefficient (Wildman–Crippen LogP) is 13.8. The SMILES string of the molecule is Cl.Cl.[CH2]=[Zr]([C]1=CC=CC1)([c]1ccc(Br)cc1)([c]1ccc(Br)cc1)[c]1c2c(cc(C(C)(C)C)c1-c1ccccc1)-c1cc(C(C)(C)C)c(-c3ccccc3)cc1C2. The van der Waals surface area contributed by atoms with Crippen LogP contribution >= 0.6 is 56.7 Å². The summed E-state index contributed by atoms with van der Waals surface area (Å²) < 4.78 is 13.7. The molecule has 0 fully saturated rings. The van der Waals surface area contributed by atoms with E-state index in [-0.39, 0.29) is 35.6 Å². The molecule has 0 spiro atoms. The first-order valence-electron chi connectivity index (χ1n) is 19.1. The van der Waals surface area contributed by atoms with Crippen molar-refractivity contribution >= 4 is 70.7 Å². The van der Waals surface area contributed by atoms with Gasteiger partial charge in [0.15, 0.2) is 0 Å². The summed E-state index contributed by atoms with van der Waals surface area (Å²) in [5, 5.41) is 0. The van der Waals surface area contributed by atoms with Crippen LogP contribution in [0.4, 0.5) is 0 Å². The summed E-state index contributed by atoms with van der Waals surface area (Å²) in [6.45, 7) is 14.2. The third kappa shape index (κ3) is 6.92. The molecule has 0 atom stereocenters. The van der Waals surface area contributed by atoms with Crippen LogP contribution in [0.1, 0.15) is 70.2 Å². The molecule has 6 aromatic carbocycles. The molecule has 0 N–H and O–H groups in total. The van der Waals surface area contributed by atoms with Gasteiger partial charge in [0.05, 0.1) is 0 Å². The van der Waals surface area contributed by atoms with Crippen LogP contribution in [0.15, 0.2) is 158 Å². The summed E-state index contributed by atoms with van der Waals surface area (Å²) in [7, 11) is 0. The fraction of sp³-hybridized carbons (Fsp3) is 0.196. The summed E-state index contributed by atoms with van der Waals surface area (Å²) in [5.41, 5.74) is 13.4. The number of fused-ring (bicyclic) bond motifs is 3. The number of hydrogen-bond donors (Lipinski definition) is 0. The molecule has 286 valence electrons. The van der Waals surface area contributed by atoms with E-state index >= 15 is 0 Å². The molecule has 6 aromatic rings. The molecule has 2 aliphatic carbocycles. The van der Waals surface area contributed by atoms with Crippen LogP contribution in [0, 0.1) is 0 Å². The van der Waals surface area contributed by atoms with Gasteiger partial charge in [0, 0.05) is 0 Å². The van der Waals surface area contributed by atoms with Crippen molar-refractivity contribution in [1.82, 2.24) is 0 Å². The Morgan fingerprint density at radius 2 is 1.07 bits per heavy atom. The van der Waals surface area contributed by atoms with Crippen molar-refractivity contribution in [3.63, 3.8) is 0 Å². The number of allylic oxidation sites excluding steroid dienone is 4. The standard InChI is InChI=1S/C33H33.2C6H4Br.C5H5.CH2.2ClH.Zr/c1-32(2,3)30-20-26-24(18-28(30)22-13-9-7-10-14-22)17-25-19-29(23-15-11-8-12-16-23)31(21-27(25)26)33(4,5)6;2*7-6-4-2-1-3-5-6;1-2-4-5-3-1;;;;/h7-16,18,20-21H,17H2,1-6H3;2*2-5H;1-3H,4H2;1H2;2*1H;. The molecule has 0 heterocycles. The normalized spacial score (nSPS) is 13.7. The van der Waals surface area contributed by atoms with Gasteiger partial charge in [-0.3, -0.25) is 0 Å². The Kier molecular flexibility index (Phi) is 12.0. The topological polar surface area (TPSA) is 0 Å². The van der Waals surface area contributed by atoms with Crippen LogP contribution in [0.25, 0.3) is 33.4 Å². The van der Waals surface area contributed by atoms with Crippen LogP contribution in [0.5, 0.6) is 0 Å². The van der Waals surface area contributed by atoms with E-state index in [2.05, 4.69) is 219 Å². The van der Waals surface area contributed by atoms with E-state index in [0.29, 0.717) is 0 Å². The monoisotopic (exact) mass is 980 g/mol. The van der Waals surface area contributed by atoms with Crippen LogP contribution in [-0.4, -0.2) is 4.21 Å². The van der Waals surface area contributed by atoms with Gasteiger partial charge in [-0.1, -0.05) is 0 Å². The molecule has 0 nitrogen and oxygen atoms in total. The summed E-state index contributed by atoms with van der Waals surface area (Å²) in [5.74, 6) is 0. The molecule has 0 saturated carbocycles. The molecule has 56 heavy (non-hydrogen) atoms. The number of hydrogen-bond acceptors (Lipinski definition) is 0. The first-order chi connectivity index (χ1) is 25.7. The number of rotatable bonds is 6. The van der Waals surface area contributed by atoms with Crippen molar-refractivity contribution in [2.75, 3.05) is 0 Å². The van der Waals surface area contributed by atoms with Gasteiger partial charge in [-0.2, -0.15) is 0 Å². The minimum atomic E-state index is -5.17. The minimum absolute atomic E-state index is 0. The molecule has 2 aliphatic rings. The summed E-state index contributed by atoms with van der Waals surface area (Å²) in [4.78, 5) is 0. The third-order valence-electron chi connectivity index (χ3n) is 12.1. The Morgan fingerprint density at radius 3 is 1.55 bits per heavy atom. The Hall–Kier alpha value is -2.91. The molecular weight excluding hydrogens is 934 g/mol. The van der Waals surface area contributed by atoms with E-state index in [1.807, 2.05) is 0 Å². The first-order valence-corrected chi connectivity index (χ1v) is 27.3. The van der Waals surface area contributed by atoms with Crippen molar-refractivity contribution in [1.29, 1.82) is 0 Å². The Morgan fingerprint density at radius 1 is 0.571 bits per heavy atom. The molecular formula is C51H50Br2Cl2Zr. The van der Waals surface area contributed by atoms with E-state index < -0.39 is 18.3 Å². The fourth-order valence-corrected chi connectivity index (χ4v) is 26.0. The molecule has 0 bridgehead atoms. The van der Waals surface area contributed by atoms with Gasteiger partial charge in [0.25, 0.3) is 0 Å². The Bertz CT molecular complexity index is 2500. The summed E-state index contributed by atoms with van der Waals surface area (Å²) in [6, 6.07) is 48.4. The van der Waals surface area contributed by atoms with Crippen LogP contribution < -0.4 is 9.81 Å². The summed E-state index contributed by atoms with van der Waals surface area (Å²) >= 11 is 2.45. The van der Waals surface area contributed by atoms with Crippen molar-refractivity contribution in [3.05, 3.63) is 180 Å². The van der Waals surface area contributed by atoms with Gasteiger partial charge in [-0.05, 0) is 0 Å². The van der Waals surface area contributed by atoms with Crippen LogP contribution in [-0.2, 0) is 35.5 Å². The van der Waals surface area contributed by atoms with Crippen molar-refractivity contribution < 1.29 is 18.3 Å². The van der Waals surface area contributed by atoms with Crippen molar-refractivity contribution in [3.8, 4) is 33.4 Å². The quantitative estimate of drug-likeness (QED) is 0.156. The van der Waals surface area contributed by atoms with Crippen molar-refractivity contribution in [2.45, 2.75) is 65.2 Å². The van der Waals surface area contributed by atoms with E-state index in [1.54, 1.807) is 0 Å². The molecule has 0 saturated heterocycles. The zero-order chi connectivity index (χ0) is 38.1. The van der Waals surface area contributed by atoms with Gasteiger partial charge >= 0.3 is 343 Å². The van der Waals surface area contributed by atoms with E-state index in [9.17, 15) is 0 Å². The average molecular weight is 985 g/mol. The second-order valence-corrected chi connectivity index (χ2v) is 32.1. The van der Waals surface area contributed by atoms with Gasteiger partial charge in [0.2, 0.25) is 0 Å². The molecule has 8 rings (SSSR count). The maximum absolute atomic E-state index is 5.90. The number of halogens is 4. The third-order valence-corrected chi connectivity index (χ3v) is 29.5. The zero-order valence-electron chi connectivity index (χ0n) is 33.1. The molecule has 0 radical (unpaired) electrons. The van der Waals surface area contributed by atoms with Gasteiger partial charge in [-0.25, -0.2) is 0 Å². The molecule has 0 aromatic heterocycles. The molecule has 0 aliphatic heterocycles. The molecule has 0 amide bonds. The second-order valence-electron chi connectivity index (χ2n) is 17.5. The first kappa shape index (κ1) is 42.7. The summed E-state index contributed by atoms with van der Waals surface area (Å²) in [6.07, 6.45) is 8.81. The van der Waals surface area contributed by atoms with E-state index in [1.165, 1.54) is 68.7 Å². The fourth-order valence-electron chi connectivity index (χ4n) is 9.44. The zero-order valence-corrected chi connectivity index (χ0v) is 40.3. The van der Waals surface area contributed by atoms with Gasteiger partial charge in [0.1, 0.15) is 0 Å². The van der Waals surface area contributed by atoms with Crippen LogP contribution in [0.2, 0.25) is 0 Å². The Balaban J connectivity index is 0.00000266. The van der Waals surface area contributed by atoms with E-state index in [4.69, 9.17) is 4.21 Å². The Labute approximate surface area is 364 Å². The number of benzene rings is 6. The van der Waals surface area contributed by atoms with Gasteiger partial charge in [-0.15, -0.1) is 24.8 Å². The van der Waals surface area contributed by atoms with E-state index in [0.717, 1.165) is 21.8 Å². The average Bonchev–Trinajstić information content (AvgIpc) is 3.83. The molecule has 0 unspecified atom stereocenters. The molecule has 5 heteroatoms. The van der Waals surface area contributed by atoms with Gasteiger partial charge < -0.3 is 0 Å². The second kappa shape index (κ2) is 15.7. The van der Waals surface area contributed by atoms with Crippen LogP contribution in [0.3, 0.4) is 0 Å².